The topological polar surface area (TPSA) is 81.4 Å². The van der Waals surface area contributed by atoms with Crippen LogP contribution in [0.4, 0.5) is 5.00 Å². The summed E-state index contributed by atoms with van der Waals surface area (Å²) < 4.78 is 5.10. The number of thiophene rings is 2. The molecule has 0 spiro atoms. The van der Waals surface area contributed by atoms with E-state index in [2.05, 4.69) is 5.32 Å². The van der Waals surface area contributed by atoms with Gasteiger partial charge in [-0.1, -0.05) is 6.07 Å². The van der Waals surface area contributed by atoms with Gasteiger partial charge < -0.3 is 15.8 Å². The van der Waals surface area contributed by atoms with Crippen LogP contribution in [0.1, 0.15) is 23.7 Å². The van der Waals surface area contributed by atoms with Gasteiger partial charge in [-0.05, 0) is 18.4 Å². The number of amides is 1. The van der Waals surface area contributed by atoms with Gasteiger partial charge in [0.2, 0.25) is 5.91 Å². The molecule has 0 aliphatic heterocycles. The van der Waals surface area contributed by atoms with Crippen LogP contribution in [0.2, 0.25) is 0 Å². The van der Waals surface area contributed by atoms with Gasteiger partial charge in [0.15, 0.2) is 0 Å². The fourth-order valence-electron chi connectivity index (χ4n) is 1.79. The first-order valence-corrected chi connectivity index (χ1v) is 8.25. The molecule has 2 rings (SSSR count). The number of ether oxygens (including phenoxy) is 1. The Kier molecular flexibility index (Phi) is 5.49. The number of nitrogens with one attached hydrogen (secondary N) is 1. The van der Waals surface area contributed by atoms with E-state index >= 15 is 0 Å². The van der Waals surface area contributed by atoms with E-state index in [1.807, 2.05) is 22.9 Å². The Morgan fingerprint density at radius 1 is 1.38 bits per heavy atom. The lowest BCUT2D eigenvalue weighted by atomic mass is 10.1. The monoisotopic (exact) mass is 324 g/mol. The van der Waals surface area contributed by atoms with Crippen molar-refractivity contribution in [1.82, 2.24) is 0 Å². The maximum Gasteiger partial charge on any atom is 0.341 e. The molecule has 0 bridgehead atoms. The summed E-state index contributed by atoms with van der Waals surface area (Å²) >= 11 is 2.85. The molecule has 0 aliphatic rings. The third kappa shape index (κ3) is 3.69. The van der Waals surface area contributed by atoms with Crippen LogP contribution in [0.3, 0.4) is 0 Å². The first-order chi connectivity index (χ1) is 10.2. The van der Waals surface area contributed by atoms with E-state index in [4.69, 9.17) is 10.5 Å². The average Bonchev–Trinajstić information content (AvgIpc) is 3.07. The molecule has 21 heavy (non-hydrogen) atoms. The average molecular weight is 324 g/mol. The van der Waals surface area contributed by atoms with E-state index < -0.39 is 5.97 Å². The quantitative estimate of drug-likeness (QED) is 0.801. The van der Waals surface area contributed by atoms with E-state index in [1.165, 1.54) is 22.7 Å². The predicted molar refractivity (Wildman–Crippen MR) is 85.9 cm³/mol. The third-order valence-electron chi connectivity index (χ3n) is 2.68. The van der Waals surface area contributed by atoms with Gasteiger partial charge in [-0.25, -0.2) is 4.79 Å². The second-order valence-electron chi connectivity index (χ2n) is 4.14. The van der Waals surface area contributed by atoms with Gasteiger partial charge >= 0.3 is 5.97 Å². The van der Waals surface area contributed by atoms with E-state index in [9.17, 15) is 9.59 Å². The molecule has 2 aromatic rings. The zero-order valence-corrected chi connectivity index (χ0v) is 13.2. The maximum absolute atomic E-state index is 12.2. The lowest BCUT2D eigenvalue weighted by molar-refractivity contribution is -0.116. The highest BCUT2D eigenvalue weighted by Gasteiger charge is 2.22. The highest BCUT2D eigenvalue weighted by Crippen LogP contribution is 2.38. The van der Waals surface area contributed by atoms with Crippen LogP contribution < -0.4 is 11.1 Å². The summed E-state index contributed by atoms with van der Waals surface area (Å²) in [6.45, 7) is 2.31. The normalized spacial score (nSPS) is 10.4. The highest BCUT2D eigenvalue weighted by molar-refractivity contribution is 7.17. The van der Waals surface area contributed by atoms with Gasteiger partial charge in [-0.3, -0.25) is 4.79 Å². The van der Waals surface area contributed by atoms with Crippen molar-refractivity contribution < 1.29 is 14.3 Å². The van der Waals surface area contributed by atoms with Crippen molar-refractivity contribution in [2.24, 2.45) is 5.73 Å². The SMILES string of the molecule is CCOC(=O)c1c(-c2cccs2)csc1NC(=O)CCN. The minimum atomic E-state index is -0.426. The molecular weight excluding hydrogens is 308 g/mol. The fourth-order valence-corrected chi connectivity index (χ4v) is 3.58. The smallest absolute Gasteiger partial charge is 0.341 e. The van der Waals surface area contributed by atoms with Gasteiger partial charge in [0.25, 0.3) is 0 Å². The standard InChI is InChI=1S/C14H16N2O3S2/c1-2-19-14(18)12-9(10-4-3-7-20-10)8-21-13(12)16-11(17)5-6-15/h3-4,7-8H,2,5-6,15H2,1H3,(H,16,17). The molecular formula is C14H16N2O3S2. The zero-order valence-electron chi connectivity index (χ0n) is 11.5. The molecule has 0 atom stereocenters. The fraction of sp³-hybridized carbons (Fsp3) is 0.286. The summed E-state index contributed by atoms with van der Waals surface area (Å²) in [5.74, 6) is -0.632. The van der Waals surface area contributed by atoms with Crippen molar-refractivity contribution >= 4 is 39.6 Å². The number of carbonyl (C=O) groups is 2. The van der Waals surface area contributed by atoms with E-state index in [0.29, 0.717) is 10.6 Å². The second kappa shape index (κ2) is 7.35. The number of carbonyl (C=O) groups excluding carboxylic acids is 2. The minimum absolute atomic E-state index is 0.206. The van der Waals surface area contributed by atoms with Crippen molar-refractivity contribution in [3.8, 4) is 10.4 Å². The molecule has 0 fully saturated rings. The Hall–Kier alpha value is -1.70. The number of esters is 1. The Labute approximate surface area is 130 Å². The number of hydrogen-bond donors (Lipinski definition) is 2. The number of nitrogens with two attached hydrogens (primary N) is 1. The Bertz CT molecular complexity index is 620. The lowest BCUT2D eigenvalue weighted by Gasteiger charge is -2.07. The Morgan fingerprint density at radius 2 is 2.19 bits per heavy atom. The molecule has 0 aromatic carbocycles. The largest absolute Gasteiger partial charge is 0.462 e. The predicted octanol–water partition coefficient (Wildman–Crippen LogP) is 2.94. The summed E-state index contributed by atoms with van der Waals surface area (Å²) in [5.41, 5.74) is 6.56. The van der Waals surface area contributed by atoms with Crippen molar-refractivity contribution in [2.45, 2.75) is 13.3 Å². The first kappa shape index (κ1) is 15.7. The second-order valence-corrected chi connectivity index (χ2v) is 5.97. The molecule has 1 amide bonds. The van der Waals surface area contributed by atoms with Crippen LogP contribution in [0, 0.1) is 0 Å². The Balaban J connectivity index is 2.36. The van der Waals surface area contributed by atoms with Crippen LogP contribution in [-0.2, 0) is 9.53 Å². The van der Waals surface area contributed by atoms with Gasteiger partial charge in [0.1, 0.15) is 10.6 Å². The molecule has 3 N–H and O–H groups in total. The lowest BCUT2D eigenvalue weighted by Crippen LogP contribution is -2.17. The van der Waals surface area contributed by atoms with Gasteiger partial charge in [-0.15, -0.1) is 22.7 Å². The van der Waals surface area contributed by atoms with Crippen molar-refractivity contribution in [3.05, 3.63) is 28.5 Å². The van der Waals surface area contributed by atoms with Crippen molar-refractivity contribution in [2.75, 3.05) is 18.5 Å². The highest BCUT2D eigenvalue weighted by atomic mass is 32.1. The van der Waals surface area contributed by atoms with Gasteiger partial charge in [0.05, 0.1) is 6.61 Å². The van der Waals surface area contributed by atoms with Crippen LogP contribution in [0.5, 0.6) is 0 Å². The first-order valence-electron chi connectivity index (χ1n) is 6.49. The minimum Gasteiger partial charge on any atom is -0.462 e. The molecule has 5 nitrogen and oxygen atoms in total. The molecule has 0 radical (unpaired) electrons. The number of anilines is 1. The molecule has 0 saturated heterocycles. The molecule has 112 valence electrons. The van der Waals surface area contributed by atoms with Crippen molar-refractivity contribution in [1.29, 1.82) is 0 Å². The number of rotatable bonds is 6. The van der Waals surface area contributed by atoms with Gasteiger partial charge in [-0.2, -0.15) is 0 Å². The van der Waals surface area contributed by atoms with E-state index in [-0.39, 0.29) is 25.5 Å². The molecule has 7 heteroatoms. The van der Waals surface area contributed by atoms with Crippen LogP contribution in [0.25, 0.3) is 10.4 Å². The Morgan fingerprint density at radius 3 is 2.81 bits per heavy atom. The zero-order chi connectivity index (χ0) is 15.2. The maximum atomic E-state index is 12.2. The molecule has 0 aliphatic carbocycles. The number of hydrogen-bond acceptors (Lipinski definition) is 6. The molecule has 2 heterocycles. The van der Waals surface area contributed by atoms with E-state index in [1.54, 1.807) is 6.92 Å². The molecule has 0 unspecified atom stereocenters. The summed E-state index contributed by atoms with van der Waals surface area (Å²) in [6, 6.07) is 3.85. The van der Waals surface area contributed by atoms with Crippen LogP contribution in [-0.4, -0.2) is 25.0 Å². The van der Waals surface area contributed by atoms with Crippen LogP contribution in [0.15, 0.2) is 22.9 Å². The van der Waals surface area contributed by atoms with Crippen molar-refractivity contribution in [3.63, 3.8) is 0 Å². The summed E-state index contributed by atoms with van der Waals surface area (Å²) in [6.07, 6.45) is 0.217. The van der Waals surface area contributed by atoms with E-state index in [0.717, 1.165) is 10.4 Å². The molecule has 2 aromatic heterocycles. The summed E-state index contributed by atoms with van der Waals surface area (Å²) in [5, 5.41) is 7.04. The summed E-state index contributed by atoms with van der Waals surface area (Å²) in [7, 11) is 0. The third-order valence-corrected chi connectivity index (χ3v) is 4.48. The molecule has 0 saturated carbocycles. The van der Waals surface area contributed by atoms with Crippen LogP contribution >= 0.6 is 22.7 Å². The van der Waals surface area contributed by atoms with Gasteiger partial charge in [0, 0.05) is 28.8 Å². The summed E-state index contributed by atoms with van der Waals surface area (Å²) in [4.78, 5) is 24.9.